The average Bonchev–Trinajstić information content (AvgIpc) is 2.83. The molecule has 0 spiro atoms. The maximum absolute atomic E-state index is 12.6. The van der Waals surface area contributed by atoms with E-state index in [1.165, 1.54) is 6.92 Å². The molecule has 5 heteroatoms. The van der Waals surface area contributed by atoms with E-state index in [1.807, 2.05) is 54.6 Å². The van der Waals surface area contributed by atoms with E-state index in [2.05, 4.69) is 58.9 Å². The molecule has 0 saturated carbocycles. The van der Waals surface area contributed by atoms with Crippen molar-refractivity contribution in [2.45, 2.75) is 24.5 Å². The number of carbonyl (C=O) groups is 2. The van der Waals surface area contributed by atoms with Crippen LogP contribution < -0.4 is 10.6 Å². The predicted molar refractivity (Wildman–Crippen MR) is 122 cm³/mol. The van der Waals surface area contributed by atoms with E-state index >= 15 is 0 Å². The molecule has 1 fully saturated rings. The fourth-order valence-corrected chi connectivity index (χ4v) is 3.99. The Morgan fingerprint density at radius 2 is 1.38 bits per heavy atom. The van der Waals surface area contributed by atoms with Crippen LogP contribution in [-0.4, -0.2) is 30.6 Å². The second kappa shape index (κ2) is 9.51. The second-order valence-electron chi connectivity index (χ2n) is 7.56. The third-order valence-corrected chi connectivity index (χ3v) is 5.51. The topological polar surface area (TPSA) is 67.4 Å². The van der Waals surface area contributed by atoms with Crippen molar-refractivity contribution in [3.05, 3.63) is 108 Å². The minimum absolute atomic E-state index is 0.00434. The van der Waals surface area contributed by atoms with Gasteiger partial charge in [-0.05, 0) is 16.7 Å². The van der Waals surface area contributed by atoms with Crippen molar-refractivity contribution in [3.8, 4) is 11.8 Å². The van der Waals surface area contributed by atoms with E-state index < -0.39 is 17.6 Å². The number of benzene rings is 3. The number of hydrogen-bond donors (Lipinski definition) is 2. The number of amides is 1. The first-order valence-electron chi connectivity index (χ1n) is 10.5. The summed E-state index contributed by atoms with van der Waals surface area (Å²) in [6.45, 7) is 1.33. The van der Waals surface area contributed by atoms with Gasteiger partial charge in [-0.25, -0.2) is 0 Å². The molecule has 0 bridgehead atoms. The zero-order valence-corrected chi connectivity index (χ0v) is 17.7. The number of esters is 1. The van der Waals surface area contributed by atoms with Crippen molar-refractivity contribution >= 4 is 11.9 Å². The second-order valence-corrected chi connectivity index (χ2v) is 7.56. The molecular formula is C27H24N2O3. The summed E-state index contributed by atoms with van der Waals surface area (Å²) in [4.78, 5) is 23.6. The summed E-state index contributed by atoms with van der Waals surface area (Å²) < 4.78 is 4.89. The smallest absolute Gasteiger partial charge is 0.303 e. The number of β-lactam (4-membered cyclic amide) rings is 1. The standard InChI is InChI=1S/C27H24N2O3/c1-20(30)32-19-11-18-24-25(26(31)28-24)29-27(21-12-5-2-6-13-21,22-14-7-3-8-15-22)23-16-9-4-10-17-23/h2-10,12-17,24-25,29H,19H2,1H3,(H,28,31)/t24-,25+/m1/s1. The highest BCUT2D eigenvalue weighted by atomic mass is 16.5. The van der Waals surface area contributed by atoms with Gasteiger partial charge >= 0.3 is 5.97 Å². The number of hydrogen-bond acceptors (Lipinski definition) is 4. The zero-order chi connectivity index (χ0) is 22.4. The Kier molecular flexibility index (Phi) is 6.34. The maximum Gasteiger partial charge on any atom is 0.303 e. The van der Waals surface area contributed by atoms with Crippen molar-refractivity contribution in [3.63, 3.8) is 0 Å². The summed E-state index contributed by atoms with van der Waals surface area (Å²) in [5.41, 5.74) is 2.29. The molecule has 2 N–H and O–H groups in total. The van der Waals surface area contributed by atoms with Crippen LogP contribution in [-0.2, 0) is 19.9 Å². The van der Waals surface area contributed by atoms with E-state index in [9.17, 15) is 9.59 Å². The first kappa shape index (κ1) is 21.4. The van der Waals surface area contributed by atoms with Crippen LogP contribution in [0.4, 0.5) is 0 Å². The largest absolute Gasteiger partial charge is 0.453 e. The molecule has 1 saturated heterocycles. The minimum Gasteiger partial charge on any atom is -0.453 e. The van der Waals surface area contributed by atoms with Crippen LogP contribution in [0, 0.1) is 11.8 Å². The molecule has 32 heavy (non-hydrogen) atoms. The molecule has 5 nitrogen and oxygen atoms in total. The van der Waals surface area contributed by atoms with Crippen LogP contribution >= 0.6 is 0 Å². The van der Waals surface area contributed by atoms with Crippen LogP contribution in [0.3, 0.4) is 0 Å². The molecule has 1 aliphatic heterocycles. The van der Waals surface area contributed by atoms with Gasteiger partial charge < -0.3 is 10.1 Å². The van der Waals surface area contributed by atoms with E-state index in [1.54, 1.807) is 0 Å². The monoisotopic (exact) mass is 424 g/mol. The first-order chi connectivity index (χ1) is 15.6. The van der Waals surface area contributed by atoms with Crippen LogP contribution in [0.25, 0.3) is 0 Å². The third kappa shape index (κ3) is 4.27. The van der Waals surface area contributed by atoms with E-state index in [-0.39, 0.29) is 18.5 Å². The quantitative estimate of drug-likeness (QED) is 0.276. The summed E-state index contributed by atoms with van der Waals surface area (Å²) >= 11 is 0. The molecular weight excluding hydrogens is 400 g/mol. The highest BCUT2D eigenvalue weighted by Crippen LogP contribution is 2.38. The molecule has 3 aromatic carbocycles. The van der Waals surface area contributed by atoms with Gasteiger partial charge in [0, 0.05) is 6.92 Å². The van der Waals surface area contributed by atoms with Crippen LogP contribution in [0.1, 0.15) is 23.6 Å². The third-order valence-electron chi connectivity index (χ3n) is 5.51. The fraction of sp³-hybridized carbons (Fsp3) is 0.185. The molecule has 3 aromatic rings. The Bertz CT molecular complexity index is 1040. The van der Waals surface area contributed by atoms with Crippen LogP contribution in [0.5, 0.6) is 0 Å². The Balaban J connectivity index is 1.78. The molecule has 1 heterocycles. The molecule has 4 rings (SSSR count). The summed E-state index contributed by atoms with van der Waals surface area (Å²) in [6.07, 6.45) is 0. The lowest BCUT2D eigenvalue weighted by molar-refractivity contribution is -0.139. The fourth-order valence-electron chi connectivity index (χ4n) is 3.99. The molecule has 1 aliphatic rings. The molecule has 1 amide bonds. The highest BCUT2D eigenvalue weighted by Gasteiger charge is 2.46. The average molecular weight is 425 g/mol. The van der Waals surface area contributed by atoms with Crippen molar-refractivity contribution in [1.82, 2.24) is 10.6 Å². The molecule has 0 aliphatic carbocycles. The van der Waals surface area contributed by atoms with Crippen molar-refractivity contribution in [2.75, 3.05) is 6.61 Å². The minimum atomic E-state index is -0.762. The highest BCUT2D eigenvalue weighted by molar-refractivity contribution is 5.91. The summed E-state index contributed by atoms with van der Waals surface area (Å²) in [5.74, 6) is 5.33. The van der Waals surface area contributed by atoms with Gasteiger partial charge in [0.1, 0.15) is 12.1 Å². The lowest BCUT2D eigenvalue weighted by atomic mass is 9.75. The number of rotatable bonds is 6. The maximum atomic E-state index is 12.6. The Morgan fingerprint density at radius 3 is 1.78 bits per heavy atom. The van der Waals surface area contributed by atoms with E-state index in [4.69, 9.17) is 4.74 Å². The van der Waals surface area contributed by atoms with Gasteiger partial charge in [0.25, 0.3) is 0 Å². The molecule has 0 radical (unpaired) electrons. The van der Waals surface area contributed by atoms with E-state index in [0.29, 0.717) is 0 Å². The first-order valence-corrected chi connectivity index (χ1v) is 10.5. The van der Waals surface area contributed by atoms with E-state index in [0.717, 1.165) is 16.7 Å². The molecule has 0 aromatic heterocycles. The van der Waals surface area contributed by atoms with Gasteiger partial charge in [-0.15, -0.1) is 0 Å². The normalized spacial score (nSPS) is 17.3. The van der Waals surface area contributed by atoms with Gasteiger partial charge in [-0.1, -0.05) is 103 Å². The lowest BCUT2D eigenvalue weighted by Gasteiger charge is -2.44. The Morgan fingerprint density at radius 1 is 0.906 bits per heavy atom. The summed E-state index contributed by atoms with van der Waals surface area (Å²) in [6, 6.07) is 29.3. The van der Waals surface area contributed by atoms with Gasteiger partial charge in [0.15, 0.2) is 6.61 Å². The Labute approximate surface area is 187 Å². The zero-order valence-electron chi connectivity index (χ0n) is 17.7. The molecule has 160 valence electrons. The van der Waals surface area contributed by atoms with Gasteiger partial charge in [-0.2, -0.15) is 0 Å². The number of nitrogens with one attached hydrogen (secondary N) is 2. The summed E-state index contributed by atoms with van der Waals surface area (Å²) in [7, 11) is 0. The van der Waals surface area contributed by atoms with Gasteiger partial charge in [0.2, 0.25) is 5.91 Å². The number of ether oxygens (including phenoxy) is 1. The lowest BCUT2D eigenvalue weighted by Crippen LogP contribution is -2.71. The van der Waals surface area contributed by atoms with Crippen molar-refractivity contribution in [2.24, 2.45) is 0 Å². The SMILES string of the molecule is CC(=O)OCC#C[C@H]1NC(=O)[C@H]1NC(c1ccccc1)(c1ccccc1)c1ccccc1. The van der Waals surface area contributed by atoms with Crippen LogP contribution in [0.15, 0.2) is 91.0 Å². The molecule has 0 unspecified atom stereocenters. The Hall–Kier alpha value is -3.88. The molecule has 2 atom stereocenters. The van der Waals surface area contributed by atoms with Crippen molar-refractivity contribution in [1.29, 1.82) is 0 Å². The van der Waals surface area contributed by atoms with Gasteiger partial charge in [-0.3, -0.25) is 14.9 Å². The number of carbonyl (C=O) groups excluding carboxylic acids is 2. The predicted octanol–water partition coefficient (Wildman–Crippen LogP) is 3.00. The van der Waals surface area contributed by atoms with Crippen LogP contribution in [0.2, 0.25) is 0 Å². The van der Waals surface area contributed by atoms with Gasteiger partial charge in [0.05, 0.1) is 5.54 Å². The van der Waals surface area contributed by atoms with Crippen molar-refractivity contribution < 1.29 is 14.3 Å². The summed E-state index contributed by atoms with van der Waals surface area (Å²) in [5, 5.41) is 6.49.